The van der Waals surface area contributed by atoms with Gasteiger partial charge in [0.05, 0.1) is 13.2 Å². The van der Waals surface area contributed by atoms with E-state index in [0.29, 0.717) is 0 Å². The first-order valence-electron chi connectivity index (χ1n) is 7.62. The third kappa shape index (κ3) is 4.24. The van der Waals surface area contributed by atoms with Gasteiger partial charge in [-0.15, -0.1) is 0 Å². The predicted octanol–water partition coefficient (Wildman–Crippen LogP) is 1.52. The topological polar surface area (TPSA) is 61.4 Å². The van der Waals surface area contributed by atoms with Gasteiger partial charge in [0.2, 0.25) is 5.91 Å². The Morgan fingerprint density at radius 3 is 2.45 bits per heavy atom. The van der Waals surface area contributed by atoms with Crippen LogP contribution in [0.2, 0.25) is 0 Å². The fourth-order valence-electron chi connectivity index (χ4n) is 2.87. The minimum Gasteiger partial charge on any atom is -0.394 e. The van der Waals surface area contributed by atoms with Crippen LogP contribution in [-0.2, 0) is 11.2 Å². The minimum absolute atomic E-state index is 0.0146. The van der Waals surface area contributed by atoms with Crippen LogP contribution < -0.4 is 10.6 Å². The molecule has 22 heavy (non-hydrogen) atoms. The Morgan fingerprint density at radius 2 is 1.86 bits per heavy atom. The maximum Gasteiger partial charge on any atom is 0.233 e. The Kier molecular flexibility index (Phi) is 5.85. The first-order valence-corrected chi connectivity index (χ1v) is 7.62. The van der Waals surface area contributed by atoms with Crippen LogP contribution in [0.5, 0.6) is 0 Å². The van der Waals surface area contributed by atoms with Crippen molar-refractivity contribution in [2.24, 2.45) is 0 Å². The summed E-state index contributed by atoms with van der Waals surface area (Å²) >= 11 is 0. The number of halogens is 2. The van der Waals surface area contributed by atoms with E-state index in [4.69, 9.17) is 0 Å². The van der Waals surface area contributed by atoms with E-state index in [1.54, 1.807) is 0 Å². The van der Waals surface area contributed by atoms with E-state index < -0.39 is 11.6 Å². The van der Waals surface area contributed by atoms with Crippen LogP contribution in [0.3, 0.4) is 0 Å². The molecule has 1 saturated carbocycles. The lowest BCUT2D eigenvalue weighted by molar-refractivity contribution is -0.120. The fraction of sp³-hybridized carbons (Fsp3) is 0.562. The standard InChI is InChI=1S/C16H22F2N2O2/c17-13-4-3-5-14(18)12(13)6-9-19-15(22)10-20-16(11-21)7-1-2-8-16/h3-5,20-21H,1-2,6-11H2,(H,19,22). The predicted molar refractivity (Wildman–Crippen MR) is 79.4 cm³/mol. The maximum absolute atomic E-state index is 13.4. The van der Waals surface area contributed by atoms with Gasteiger partial charge >= 0.3 is 0 Å². The van der Waals surface area contributed by atoms with E-state index >= 15 is 0 Å². The number of carbonyl (C=O) groups is 1. The van der Waals surface area contributed by atoms with Gasteiger partial charge in [0.15, 0.2) is 0 Å². The van der Waals surface area contributed by atoms with Gasteiger partial charge in [0.25, 0.3) is 0 Å². The van der Waals surface area contributed by atoms with Gasteiger partial charge in [0.1, 0.15) is 11.6 Å². The Bertz CT molecular complexity index is 497. The largest absolute Gasteiger partial charge is 0.394 e. The highest BCUT2D eigenvalue weighted by Crippen LogP contribution is 2.28. The Balaban J connectivity index is 1.74. The monoisotopic (exact) mass is 312 g/mol. The van der Waals surface area contributed by atoms with Crippen molar-refractivity contribution in [3.05, 3.63) is 35.4 Å². The number of carbonyl (C=O) groups excluding carboxylic acids is 1. The Labute approximate surface area is 128 Å². The molecule has 0 bridgehead atoms. The minimum atomic E-state index is -0.599. The summed E-state index contributed by atoms with van der Waals surface area (Å²) in [7, 11) is 0. The van der Waals surface area contributed by atoms with E-state index in [1.165, 1.54) is 18.2 Å². The van der Waals surface area contributed by atoms with Crippen molar-refractivity contribution >= 4 is 5.91 Å². The molecule has 0 heterocycles. The Hall–Kier alpha value is -1.53. The molecule has 1 aliphatic rings. The maximum atomic E-state index is 13.4. The number of amides is 1. The molecule has 3 N–H and O–H groups in total. The van der Waals surface area contributed by atoms with E-state index in [-0.39, 0.29) is 43.1 Å². The molecule has 2 rings (SSSR count). The molecule has 0 aromatic heterocycles. The molecule has 122 valence electrons. The molecule has 0 saturated heterocycles. The zero-order chi connectivity index (χ0) is 16.0. The van der Waals surface area contributed by atoms with Crippen LogP contribution in [0.25, 0.3) is 0 Å². The summed E-state index contributed by atoms with van der Waals surface area (Å²) in [6, 6.07) is 3.71. The van der Waals surface area contributed by atoms with Crippen molar-refractivity contribution in [1.82, 2.24) is 10.6 Å². The molecule has 1 aliphatic carbocycles. The van der Waals surface area contributed by atoms with E-state index in [9.17, 15) is 18.7 Å². The summed E-state index contributed by atoms with van der Waals surface area (Å²) in [5.41, 5.74) is -0.368. The summed E-state index contributed by atoms with van der Waals surface area (Å²) in [4.78, 5) is 11.8. The van der Waals surface area contributed by atoms with Crippen molar-refractivity contribution < 1.29 is 18.7 Å². The zero-order valence-electron chi connectivity index (χ0n) is 12.5. The average Bonchev–Trinajstić information content (AvgIpc) is 2.98. The molecule has 1 amide bonds. The molecular weight excluding hydrogens is 290 g/mol. The SMILES string of the molecule is O=C(CNC1(CO)CCCC1)NCCc1c(F)cccc1F. The summed E-state index contributed by atoms with van der Waals surface area (Å²) < 4.78 is 26.9. The second kappa shape index (κ2) is 7.65. The lowest BCUT2D eigenvalue weighted by Gasteiger charge is -2.27. The normalized spacial score (nSPS) is 16.7. The van der Waals surface area contributed by atoms with Gasteiger partial charge in [-0.3, -0.25) is 4.79 Å². The lowest BCUT2D eigenvalue weighted by atomic mass is 9.99. The van der Waals surface area contributed by atoms with Crippen molar-refractivity contribution in [3.8, 4) is 0 Å². The van der Waals surface area contributed by atoms with Crippen molar-refractivity contribution in [2.75, 3.05) is 19.7 Å². The van der Waals surface area contributed by atoms with Crippen LogP contribution in [0.15, 0.2) is 18.2 Å². The average molecular weight is 312 g/mol. The molecule has 1 aromatic carbocycles. The van der Waals surface area contributed by atoms with Gasteiger partial charge < -0.3 is 15.7 Å². The molecule has 0 aliphatic heterocycles. The first-order chi connectivity index (χ1) is 10.6. The number of hydrogen-bond acceptors (Lipinski definition) is 3. The molecule has 0 radical (unpaired) electrons. The van der Waals surface area contributed by atoms with Crippen LogP contribution in [0, 0.1) is 11.6 Å². The van der Waals surface area contributed by atoms with E-state index in [2.05, 4.69) is 10.6 Å². The molecule has 0 unspecified atom stereocenters. The number of aliphatic hydroxyl groups excluding tert-OH is 1. The quantitative estimate of drug-likeness (QED) is 0.715. The first kappa shape index (κ1) is 16.8. The number of hydrogen-bond donors (Lipinski definition) is 3. The summed E-state index contributed by atoms with van der Waals surface area (Å²) in [5, 5.41) is 15.2. The number of aliphatic hydroxyl groups is 1. The molecule has 0 atom stereocenters. The molecule has 1 aromatic rings. The third-order valence-corrected chi connectivity index (χ3v) is 4.25. The zero-order valence-corrected chi connectivity index (χ0v) is 12.5. The van der Waals surface area contributed by atoms with E-state index in [0.717, 1.165) is 25.7 Å². The summed E-state index contributed by atoms with van der Waals surface area (Å²) in [6.45, 7) is 0.283. The molecular formula is C16H22F2N2O2. The highest BCUT2D eigenvalue weighted by Gasteiger charge is 2.32. The fourth-order valence-corrected chi connectivity index (χ4v) is 2.87. The van der Waals surface area contributed by atoms with E-state index in [1.807, 2.05) is 0 Å². The van der Waals surface area contributed by atoms with Crippen LogP contribution >= 0.6 is 0 Å². The second-order valence-electron chi connectivity index (χ2n) is 5.80. The van der Waals surface area contributed by atoms with Crippen molar-refractivity contribution in [2.45, 2.75) is 37.6 Å². The van der Waals surface area contributed by atoms with Gasteiger partial charge in [-0.25, -0.2) is 8.78 Å². The molecule has 0 spiro atoms. The van der Waals surface area contributed by atoms with Crippen LogP contribution in [0.4, 0.5) is 8.78 Å². The number of nitrogens with one attached hydrogen (secondary N) is 2. The van der Waals surface area contributed by atoms with Gasteiger partial charge in [0, 0.05) is 17.6 Å². The van der Waals surface area contributed by atoms with Gasteiger partial charge in [-0.05, 0) is 31.4 Å². The van der Waals surface area contributed by atoms with Crippen molar-refractivity contribution in [3.63, 3.8) is 0 Å². The second-order valence-corrected chi connectivity index (χ2v) is 5.80. The van der Waals surface area contributed by atoms with Crippen molar-refractivity contribution in [1.29, 1.82) is 0 Å². The lowest BCUT2D eigenvalue weighted by Crippen LogP contribution is -2.50. The Morgan fingerprint density at radius 1 is 1.23 bits per heavy atom. The number of rotatable bonds is 7. The highest BCUT2D eigenvalue weighted by atomic mass is 19.1. The van der Waals surface area contributed by atoms with Crippen LogP contribution in [0.1, 0.15) is 31.2 Å². The van der Waals surface area contributed by atoms with Gasteiger partial charge in [-0.1, -0.05) is 18.9 Å². The number of benzene rings is 1. The molecule has 1 fully saturated rings. The summed E-state index contributed by atoms with van der Waals surface area (Å²) in [5.74, 6) is -1.44. The summed E-state index contributed by atoms with van der Waals surface area (Å²) in [6.07, 6.45) is 3.91. The van der Waals surface area contributed by atoms with Crippen LogP contribution in [-0.4, -0.2) is 36.2 Å². The molecule has 6 heteroatoms. The smallest absolute Gasteiger partial charge is 0.233 e. The molecule has 4 nitrogen and oxygen atoms in total. The third-order valence-electron chi connectivity index (χ3n) is 4.25. The van der Waals surface area contributed by atoms with Gasteiger partial charge in [-0.2, -0.15) is 0 Å². The highest BCUT2D eigenvalue weighted by molar-refractivity contribution is 5.78.